The number of allylic oxidation sites excluding steroid dienone is 3. The second-order valence-corrected chi connectivity index (χ2v) is 7.77. The molecule has 0 aromatic heterocycles. The molecule has 1 spiro atoms. The number of carbonyl (C=O) groups is 1. The number of fused-ring (bicyclic) bond motifs is 3. The van der Waals surface area contributed by atoms with Crippen LogP contribution in [0, 0.1) is 5.41 Å². The molecule has 1 saturated heterocycles. The van der Waals surface area contributed by atoms with Gasteiger partial charge in [-0.05, 0) is 75.7 Å². The van der Waals surface area contributed by atoms with Crippen molar-refractivity contribution in [1.82, 2.24) is 4.90 Å². The van der Waals surface area contributed by atoms with Gasteiger partial charge in [0.15, 0.2) is 5.78 Å². The first-order chi connectivity index (χ1) is 11.2. The first-order valence-electron chi connectivity index (χ1n) is 9.51. The van der Waals surface area contributed by atoms with Crippen molar-refractivity contribution in [3.8, 4) is 0 Å². The van der Waals surface area contributed by atoms with Crippen LogP contribution < -0.4 is 0 Å². The van der Waals surface area contributed by atoms with E-state index < -0.39 is 0 Å². The molecule has 2 heterocycles. The lowest BCUT2D eigenvalue weighted by molar-refractivity contribution is -0.117. The Labute approximate surface area is 139 Å². The lowest BCUT2D eigenvalue weighted by atomic mass is 9.64. The highest BCUT2D eigenvalue weighted by Crippen LogP contribution is 2.53. The molecule has 124 valence electrons. The predicted molar refractivity (Wildman–Crippen MR) is 93.7 cm³/mol. The van der Waals surface area contributed by atoms with Gasteiger partial charge in [-0.25, -0.2) is 0 Å². The zero-order valence-electron chi connectivity index (χ0n) is 14.4. The maximum Gasteiger partial charge on any atom is 0.158 e. The fourth-order valence-corrected chi connectivity index (χ4v) is 4.97. The molecule has 2 aliphatic heterocycles. The highest BCUT2D eigenvalue weighted by Gasteiger charge is 2.46. The monoisotopic (exact) mass is 312 g/mol. The summed E-state index contributed by atoms with van der Waals surface area (Å²) in [5.74, 6) is 0.300. The highest BCUT2D eigenvalue weighted by molar-refractivity contribution is 6.08. The molecule has 0 N–H and O–H groups in total. The average Bonchev–Trinajstić information content (AvgIpc) is 2.93. The number of nitrogens with zero attached hydrogens (tertiary/aromatic N) is 2. The maximum atomic E-state index is 12.4. The summed E-state index contributed by atoms with van der Waals surface area (Å²) >= 11 is 0. The Kier molecular flexibility index (Phi) is 4.00. The van der Waals surface area contributed by atoms with Crippen molar-refractivity contribution >= 4 is 11.5 Å². The Morgan fingerprint density at radius 1 is 1.22 bits per heavy atom. The minimum absolute atomic E-state index is 0.0990. The van der Waals surface area contributed by atoms with Crippen LogP contribution in [0.5, 0.6) is 0 Å². The standard InChI is InChI=1S/C20H28N2O/c1-2-3-10-22-11-8-20(9-12-22)14-15(23)13-18-19(20)16-6-4-5-7-17(16)21-18/h13H,2-12,14H2,1H3. The van der Waals surface area contributed by atoms with Crippen molar-refractivity contribution in [2.75, 3.05) is 19.6 Å². The number of piperidine rings is 1. The fourth-order valence-electron chi connectivity index (χ4n) is 4.97. The summed E-state index contributed by atoms with van der Waals surface area (Å²) in [4.78, 5) is 19.8. The molecule has 4 aliphatic rings. The van der Waals surface area contributed by atoms with E-state index in [1.165, 1.54) is 55.5 Å². The molecule has 1 saturated carbocycles. The van der Waals surface area contributed by atoms with Crippen molar-refractivity contribution in [3.63, 3.8) is 0 Å². The van der Waals surface area contributed by atoms with E-state index >= 15 is 0 Å². The number of rotatable bonds is 3. The van der Waals surface area contributed by atoms with Crippen LogP contribution in [0.1, 0.15) is 64.7 Å². The summed E-state index contributed by atoms with van der Waals surface area (Å²) < 4.78 is 0. The van der Waals surface area contributed by atoms with Crippen LogP contribution in [0.15, 0.2) is 27.9 Å². The molecule has 3 heteroatoms. The van der Waals surface area contributed by atoms with Crippen molar-refractivity contribution in [1.29, 1.82) is 0 Å². The molecule has 0 aromatic rings. The summed E-state index contributed by atoms with van der Waals surface area (Å²) in [5, 5.41) is 0. The molecule has 0 unspecified atom stereocenters. The smallest absolute Gasteiger partial charge is 0.158 e. The normalized spacial score (nSPS) is 26.9. The van der Waals surface area contributed by atoms with Crippen molar-refractivity contribution in [3.05, 3.63) is 22.9 Å². The number of aliphatic imine (C=N–C) groups is 1. The molecule has 23 heavy (non-hydrogen) atoms. The summed E-state index contributed by atoms with van der Waals surface area (Å²) in [6.45, 7) is 5.77. The van der Waals surface area contributed by atoms with Gasteiger partial charge in [0.2, 0.25) is 0 Å². The van der Waals surface area contributed by atoms with E-state index in [1.807, 2.05) is 6.08 Å². The van der Waals surface area contributed by atoms with Gasteiger partial charge in [-0.15, -0.1) is 0 Å². The number of carbonyl (C=O) groups excluding carboxylic acids is 1. The van der Waals surface area contributed by atoms with Crippen LogP contribution >= 0.6 is 0 Å². The minimum Gasteiger partial charge on any atom is -0.303 e. The summed E-state index contributed by atoms with van der Waals surface area (Å²) in [6.07, 6.45) is 12.2. The van der Waals surface area contributed by atoms with E-state index in [2.05, 4.69) is 11.8 Å². The molecule has 2 fully saturated rings. The van der Waals surface area contributed by atoms with Gasteiger partial charge >= 0.3 is 0 Å². The quantitative estimate of drug-likeness (QED) is 0.787. The molecular formula is C20H28N2O. The Balaban J connectivity index is 1.62. The van der Waals surface area contributed by atoms with E-state index in [0.29, 0.717) is 5.78 Å². The van der Waals surface area contributed by atoms with E-state index in [9.17, 15) is 4.79 Å². The lowest BCUT2D eigenvalue weighted by Crippen LogP contribution is -2.44. The Morgan fingerprint density at radius 2 is 2.00 bits per heavy atom. The SMILES string of the molecule is CCCCN1CCC2(CC1)CC(=O)C=C1N=C3CCCCC3=C12. The average molecular weight is 312 g/mol. The summed E-state index contributed by atoms with van der Waals surface area (Å²) in [7, 11) is 0. The zero-order chi connectivity index (χ0) is 15.9. The molecule has 0 aromatic carbocycles. The van der Waals surface area contributed by atoms with Crippen LogP contribution in [0.3, 0.4) is 0 Å². The van der Waals surface area contributed by atoms with Crippen LogP contribution in [0.25, 0.3) is 0 Å². The summed E-state index contributed by atoms with van der Waals surface area (Å²) in [6, 6.07) is 0. The largest absolute Gasteiger partial charge is 0.303 e. The van der Waals surface area contributed by atoms with Gasteiger partial charge in [-0.3, -0.25) is 9.79 Å². The van der Waals surface area contributed by atoms with Gasteiger partial charge in [0, 0.05) is 23.6 Å². The van der Waals surface area contributed by atoms with Crippen LogP contribution in [-0.4, -0.2) is 36.0 Å². The number of hydrogen-bond donors (Lipinski definition) is 0. The Hall–Kier alpha value is -1.22. The molecular weight excluding hydrogens is 284 g/mol. The molecule has 0 amide bonds. The van der Waals surface area contributed by atoms with Crippen LogP contribution in [-0.2, 0) is 4.79 Å². The van der Waals surface area contributed by atoms with Crippen molar-refractivity contribution in [2.45, 2.75) is 64.7 Å². The molecule has 2 aliphatic carbocycles. The number of likely N-dealkylation sites (tertiary alicyclic amines) is 1. The Bertz CT molecular complexity index is 603. The number of unbranched alkanes of at least 4 members (excludes halogenated alkanes) is 1. The topological polar surface area (TPSA) is 32.7 Å². The molecule has 0 radical (unpaired) electrons. The van der Waals surface area contributed by atoms with Crippen molar-refractivity contribution < 1.29 is 4.79 Å². The predicted octanol–water partition coefficient (Wildman–Crippen LogP) is 4.05. The molecule has 3 nitrogen and oxygen atoms in total. The Morgan fingerprint density at radius 3 is 2.78 bits per heavy atom. The first-order valence-corrected chi connectivity index (χ1v) is 9.51. The van der Waals surface area contributed by atoms with E-state index in [0.717, 1.165) is 44.5 Å². The minimum atomic E-state index is 0.0990. The highest BCUT2D eigenvalue weighted by atomic mass is 16.1. The summed E-state index contributed by atoms with van der Waals surface area (Å²) in [5.41, 5.74) is 5.45. The zero-order valence-corrected chi connectivity index (χ0v) is 14.4. The molecule has 4 rings (SSSR count). The maximum absolute atomic E-state index is 12.4. The lowest BCUT2D eigenvalue weighted by Gasteiger charge is -2.45. The van der Waals surface area contributed by atoms with Crippen LogP contribution in [0.4, 0.5) is 0 Å². The first kappa shape index (κ1) is 15.3. The number of ketones is 1. The van der Waals surface area contributed by atoms with E-state index in [1.54, 1.807) is 0 Å². The van der Waals surface area contributed by atoms with Gasteiger partial charge < -0.3 is 4.90 Å². The molecule has 0 atom stereocenters. The third-order valence-electron chi connectivity index (χ3n) is 6.23. The van der Waals surface area contributed by atoms with Gasteiger partial charge in [0.25, 0.3) is 0 Å². The van der Waals surface area contributed by atoms with Gasteiger partial charge in [0.1, 0.15) is 0 Å². The van der Waals surface area contributed by atoms with E-state index in [-0.39, 0.29) is 5.41 Å². The fraction of sp³-hybridized carbons (Fsp3) is 0.700. The second kappa shape index (κ2) is 6.01. The third-order valence-corrected chi connectivity index (χ3v) is 6.23. The van der Waals surface area contributed by atoms with Crippen molar-refractivity contribution in [2.24, 2.45) is 10.4 Å². The van der Waals surface area contributed by atoms with E-state index in [4.69, 9.17) is 4.99 Å². The van der Waals surface area contributed by atoms with Gasteiger partial charge in [-0.1, -0.05) is 13.3 Å². The van der Waals surface area contributed by atoms with Gasteiger partial charge in [0.05, 0.1) is 5.70 Å². The second-order valence-electron chi connectivity index (χ2n) is 7.77. The third kappa shape index (κ3) is 2.63. The van der Waals surface area contributed by atoms with Crippen LogP contribution in [0.2, 0.25) is 0 Å². The molecule has 0 bridgehead atoms. The van der Waals surface area contributed by atoms with Gasteiger partial charge in [-0.2, -0.15) is 0 Å². The number of hydrogen-bond acceptors (Lipinski definition) is 3.